The summed E-state index contributed by atoms with van der Waals surface area (Å²) in [4.78, 5) is 0. The van der Waals surface area contributed by atoms with Crippen LogP contribution in [-0.2, 0) is 5.41 Å². The summed E-state index contributed by atoms with van der Waals surface area (Å²) in [6, 6.07) is 9.34. The van der Waals surface area contributed by atoms with Crippen LogP contribution in [0, 0.1) is 0 Å². The van der Waals surface area contributed by atoms with Gasteiger partial charge in [0.2, 0.25) is 0 Å². The molecule has 0 aliphatic carbocycles. The van der Waals surface area contributed by atoms with E-state index in [2.05, 4.69) is 38.2 Å². The molecule has 2 aromatic rings. The highest BCUT2D eigenvalue weighted by molar-refractivity contribution is 5.86. The minimum absolute atomic E-state index is 0.0255. The minimum atomic E-state index is -0.0767. The molecule has 0 saturated heterocycles. The van der Waals surface area contributed by atoms with Gasteiger partial charge in [0.05, 0.1) is 0 Å². The molecule has 0 fully saturated rings. The molecular weight excluding hydrogens is 238 g/mol. The van der Waals surface area contributed by atoms with Crippen LogP contribution in [0.15, 0.2) is 30.3 Å². The van der Waals surface area contributed by atoms with Crippen LogP contribution in [0.1, 0.15) is 26.3 Å². The van der Waals surface area contributed by atoms with Gasteiger partial charge in [-0.2, -0.15) is 0 Å². The fraction of sp³-hybridized carbons (Fsp3) is 0.375. The van der Waals surface area contributed by atoms with Crippen LogP contribution in [0.4, 0.5) is 0 Å². The van der Waals surface area contributed by atoms with Gasteiger partial charge in [-0.25, -0.2) is 0 Å². The second-order valence-corrected chi connectivity index (χ2v) is 5.57. The first kappa shape index (κ1) is 13.7. The Labute approximate surface area is 113 Å². The van der Waals surface area contributed by atoms with Crippen molar-refractivity contribution in [2.75, 3.05) is 13.1 Å². The molecule has 3 heteroatoms. The summed E-state index contributed by atoms with van der Waals surface area (Å²) < 4.78 is 0. The molecule has 0 aromatic heterocycles. The molecule has 3 nitrogen and oxygen atoms in total. The smallest absolute Gasteiger partial charge is 0.158 e. The van der Waals surface area contributed by atoms with Gasteiger partial charge in [-0.05, 0) is 35.0 Å². The summed E-state index contributed by atoms with van der Waals surface area (Å²) in [6.07, 6.45) is 0. The number of phenolic OH excluding ortho intramolecular Hbond substituents is 2. The fourth-order valence-electron chi connectivity index (χ4n) is 2.23. The van der Waals surface area contributed by atoms with E-state index in [1.54, 1.807) is 12.1 Å². The molecule has 0 saturated carbocycles. The number of aromatic hydroxyl groups is 2. The van der Waals surface area contributed by atoms with Crippen molar-refractivity contribution in [1.29, 1.82) is 0 Å². The summed E-state index contributed by atoms with van der Waals surface area (Å²) in [6.45, 7) is 8.33. The molecule has 0 aliphatic heterocycles. The van der Waals surface area contributed by atoms with E-state index in [4.69, 9.17) is 0 Å². The molecule has 0 heterocycles. The lowest BCUT2D eigenvalue weighted by atomic mass is 9.83. The Kier molecular flexibility index (Phi) is 3.67. The summed E-state index contributed by atoms with van der Waals surface area (Å²) in [5.74, 6) is -0.152. The van der Waals surface area contributed by atoms with Crippen LogP contribution in [0.3, 0.4) is 0 Å². The molecule has 0 unspecified atom stereocenters. The average Bonchev–Trinajstić information content (AvgIpc) is 2.37. The molecule has 0 bridgehead atoms. The van der Waals surface area contributed by atoms with Gasteiger partial charge in [0.25, 0.3) is 0 Å². The van der Waals surface area contributed by atoms with E-state index < -0.39 is 0 Å². The van der Waals surface area contributed by atoms with Crippen molar-refractivity contribution >= 4 is 10.8 Å². The zero-order chi connectivity index (χ0) is 14.0. The summed E-state index contributed by atoms with van der Waals surface area (Å²) in [7, 11) is 0. The van der Waals surface area contributed by atoms with Crippen molar-refractivity contribution in [3.63, 3.8) is 0 Å². The first-order chi connectivity index (χ1) is 8.94. The van der Waals surface area contributed by atoms with Gasteiger partial charge in [-0.1, -0.05) is 39.0 Å². The van der Waals surface area contributed by atoms with Gasteiger partial charge in [0, 0.05) is 12.0 Å². The first-order valence-corrected chi connectivity index (χ1v) is 6.61. The van der Waals surface area contributed by atoms with Crippen LogP contribution >= 0.6 is 0 Å². The number of nitrogens with one attached hydrogen (secondary N) is 1. The second kappa shape index (κ2) is 5.10. The van der Waals surface area contributed by atoms with E-state index in [0.29, 0.717) is 0 Å². The molecule has 2 rings (SSSR count). The van der Waals surface area contributed by atoms with Crippen molar-refractivity contribution in [3.05, 3.63) is 35.9 Å². The first-order valence-electron chi connectivity index (χ1n) is 6.61. The Morgan fingerprint density at radius 1 is 1.00 bits per heavy atom. The van der Waals surface area contributed by atoms with Crippen LogP contribution in [0.5, 0.6) is 11.5 Å². The third-order valence-corrected chi connectivity index (χ3v) is 3.53. The Hall–Kier alpha value is -1.74. The van der Waals surface area contributed by atoms with Crippen LogP contribution < -0.4 is 5.32 Å². The summed E-state index contributed by atoms with van der Waals surface area (Å²) >= 11 is 0. The van der Waals surface area contributed by atoms with Gasteiger partial charge in [0.15, 0.2) is 11.5 Å². The number of fused-ring (bicyclic) bond motifs is 1. The van der Waals surface area contributed by atoms with Crippen LogP contribution in [-0.4, -0.2) is 23.3 Å². The van der Waals surface area contributed by atoms with E-state index in [9.17, 15) is 10.2 Å². The van der Waals surface area contributed by atoms with Gasteiger partial charge in [-0.3, -0.25) is 0 Å². The van der Waals surface area contributed by atoms with Crippen LogP contribution in [0.2, 0.25) is 0 Å². The minimum Gasteiger partial charge on any atom is -0.504 e. The fourth-order valence-corrected chi connectivity index (χ4v) is 2.23. The topological polar surface area (TPSA) is 52.5 Å². The number of likely N-dealkylation sites (N-methyl/N-ethyl adjacent to an activating group) is 1. The molecular formula is C16H21NO2. The molecule has 102 valence electrons. The van der Waals surface area contributed by atoms with Gasteiger partial charge in [0.1, 0.15) is 0 Å². The van der Waals surface area contributed by atoms with E-state index in [1.807, 2.05) is 6.07 Å². The predicted octanol–water partition coefficient (Wildman–Crippen LogP) is 3.14. The Balaban J connectivity index is 2.43. The van der Waals surface area contributed by atoms with Crippen LogP contribution in [0.25, 0.3) is 10.8 Å². The number of hydrogen-bond donors (Lipinski definition) is 3. The monoisotopic (exact) mass is 259 g/mol. The lowest BCUT2D eigenvalue weighted by Gasteiger charge is -2.26. The number of phenols is 2. The summed E-state index contributed by atoms with van der Waals surface area (Å²) in [5.41, 5.74) is 1.24. The molecule has 0 spiro atoms. The third-order valence-electron chi connectivity index (χ3n) is 3.53. The van der Waals surface area contributed by atoms with E-state index >= 15 is 0 Å². The lowest BCUT2D eigenvalue weighted by molar-refractivity contribution is 0.405. The average molecular weight is 259 g/mol. The standard InChI is InChI=1S/C16H21NO2/c1-4-17-10-16(2,3)13-6-5-11-8-14(18)15(19)9-12(11)7-13/h5-9,17-19H,4,10H2,1-3H3. The molecule has 0 amide bonds. The van der Waals surface area contributed by atoms with Crippen molar-refractivity contribution < 1.29 is 10.2 Å². The van der Waals surface area contributed by atoms with Crippen molar-refractivity contribution in [3.8, 4) is 11.5 Å². The number of benzene rings is 2. The largest absolute Gasteiger partial charge is 0.504 e. The van der Waals surface area contributed by atoms with Crippen molar-refractivity contribution in [1.82, 2.24) is 5.32 Å². The number of rotatable bonds is 4. The highest BCUT2D eigenvalue weighted by atomic mass is 16.3. The molecule has 19 heavy (non-hydrogen) atoms. The Bertz CT molecular complexity index is 591. The maximum Gasteiger partial charge on any atom is 0.158 e. The third kappa shape index (κ3) is 2.82. The predicted molar refractivity (Wildman–Crippen MR) is 78.8 cm³/mol. The molecule has 0 atom stereocenters. The highest BCUT2D eigenvalue weighted by Crippen LogP contribution is 2.33. The molecule has 2 aromatic carbocycles. The highest BCUT2D eigenvalue weighted by Gasteiger charge is 2.20. The quantitative estimate of drug-likeness (QED) is 0.739. The normalized spacial score (nSPS) is 11.9. The van der Waals surface area contributed by atoms with E-state index in [1.165, 1.54) is 5.56 Å². The SMILES string of the molecule is CCNCC(C)(C)c1ccc2cc(O)c(O)cc2c1. The van der Waals surface area contributed by atoms with Gasteiger partial charge in [-0.15, -0.1) is 0 Å². The number of hydrogen-bond acceptors (Lipinski definition) is 3. The van der Waals surface area contributed by atoms with Crippen molar-refractivity contribution in [2.45, 2.75) is 26.2 Å². The molecule has 3 N–H and O–H groups in total. The Morgan fingerprint density at radius 2 is 1.63 bits per heavy atom. The van der Waals surface area contributed by atoms with Gasteiger partial charge < -0.3 is 15.5 Å². The second-order valence-electron chi connectivity index (χ2n) is 5.57. The zero-order valence-electron chi connectivity index (χ0n) is 11.7. The zero-order valence-corrected chi connectivity index (χ0v) is 11.7. The van der Waals surface area contributed by atoms with Gasteiger partial charge >= 0.3 is 0 Å². The van der Waals surface area contributed by atoms with E-state index in [-0.39, 0.29) is 16.9 Å². The maximum atomic E-state index is 9.59. The molecule has 0 radical (unpaired) electrons. The summed E-state index contributed by atoms with van der Waals surface area (Å²) in [5, 5.41) is 24.3. The Morgan fingerprint density at radius 3 is 2.26 bits per heavy atom. The molecule has 0 aliphatic rings. The van der Waals surface area contributed by atoms with E-state index in [0.717, 1.165) is 23.9 Å². The lowest BCUT2D eigenvalue weighted by Crippen LogP contribution is -2.32. The maximum absolute atomic E-state index is 9.59. The van der Waals surface area contributed by atoms with Crippen molar-refractivity contribution in [2.24, 2.45) is 0 Å².